The molecule has 7 heteroatoms. The van der Waals surface area contributed by atoms with Gasteiger partial charge in [0.1, 0.15) is 5.82 Å². The van der Waals surface area contributed by atoms with Crippen LogP contribution in [-0.4, -0.2) is 24.9 Å². The number of anilines is 2. The van der Waals surface area contributed by atoms with Crippen molar-refractivity contribution in [2.75, 3.05) is 10.6 Å². The molecule has 5 rings (SSSR count). The van der Waals surface area contributed by atoms with Crippen LogP contribution in [0.2, 0.25) is 0 Å². The summed E-state index contributed by atoms with van der Waals surface area (Å²) < 4.78 is 0. The molecule has 0 spiro atoms. The van der Waals surface area contributed by atoms with Crippen LogP contribution in [0.3, 0.4) is 0 Å². The number of aryl methyl sites for hydroxylation is 1. The number of benzene rings is 2. The van der Waals surface area contributed by atoms with E-state index < -0.39 is 0 Å². The highest BCUT2D eigenvalue weighted by atomic mass is 15.1. The molecule has 7 nitrogen and oxygen atoms in total. The molecule has 29 heavy (non-hydrogen) atoms. The Bertz CT molecular complexity index is 1280. The van der Waals surface area contributed by atoms with Crippen LogP contribution in [0.1, 0.15) is 16.8 Å². The van der Waals surface area contributed by atoms with Crippen LogP contribution in [-0.2, 0) is 13.1 Å². The van der Waals surface area contributed by atoms with Crippen molar-refractivity contribution in [1.29, 1.82) is 0 Å². The van der Waals surface area contributed by atoms with Crippen molar-refractivity contribution >= 4 is 33.7 Å². The van der Waals surface area contributed by atoms with Gasteiger partial charge < -0.3 is 20.6 Å². The Balaban J connectivity index is 1.23. The maximum Gasteiger partial charge on any atom is 0.224 e. The van der Waals surface area contributed by atoms with Crippen molar-refractivity contribution in [3.8, 4) is 0 Å². The highest BCUT2D eigenvalue weighted by Crippen LogP contribution is 2.18. The largest absolute Gasteiger partial charge is 0.366 e. The van der Waals surface area contributed by atoms with E-state index in [1.807, 2.05) is 12.1 Å². The van der Waals surface area contributed by atoms with E-state index in [1.54, 1.807) is 12.5 Å². The molecule has 3 heterocycles. The van der Waals surface area contributed by atoms with Crippen LogP contribution in [0.4, 0.5) is 11.8 Å². The van der Waals surface area contributed by atoms with E-state index >= 15 is 0 Å². The molecular formula is C22H21N7. The van der Waals surface area contributed by atoms with E-state index in [9.17, 15) is 0 Å². The summed E-state index contributed by atoms with van der Waals surface area (Å²) in [4.78, 5) is 19.6. The maximum absolute atomic E-state index is 4.56. The SMILES string of the molecule is Cc1cc2cc(CNc3ccnc(NCc4ccc5nc[nH]c5c4)n3)ccc2[nH]1. The molecule has 0 radical (unpaired) electrons. The third-order valence-corrected chi connectivity index (χ3v) is 4.88. The summed E-state index contributed by atoms with van der Waals surface area (Å²) in [6.45, 7) is 3.41. The average molecular weight is 383 g/mol. The molecule has 0 saturated heterocycles. The highest BCUT2D eigenvalue weighted by molar-refractivity contribution is 5.81. The zero-order chi connectivity index (χ0) is 19.6. The van der Waals surface area contributed by atoms with Crippen molar-refractivity contribution < 1.29 is 0 Å². The molecule has 0 saturated carbocycles. The van der Waals surface area contributed by atoms with Crippen LogP contribution >= 0.6 is 0 Å². The molecule has 144 valence electrons. The first kappa shape index (κ1) is 17.2. The lowest BCUT2D eigenvalue weighted by atomic mass is 10.1. The predicted molar refractivity (Wildman–Crippen MR) is 116 cm³/mol. The number of aromatic amines is 2. The summed E-state index contributed by atoms with van der Waals surface area (Å²) >= 11 is 0. The average Bonchev–Trinajstić information content (AvgIpc) is 3.35. The normalized spacial score (nSPS) is 11.2. The number of nitrogens with one attached hydrogen (secondary N) is 4. The smallest absolute Gasteiger partial charge is 0.224 e. The molecular weight excluding hydrogens is 362 g/mol. The van der Waals surface area contributed by atoms with Crippen LogP contribution < -0.4 is 10.6 Å². The van der Waals surface area contributed by atoms with Gasteiger partial charge in [-0.05, 0) is 59.8 Å². The molecule has 2 aromatic carbocycles. The number of aromatic nitrogens is 5. The van der Waals surface area contributed by atoms with Gasteiger partial charge in [-0.15, -0.1) is 0 Å². The van der Waals surface area contributed by atoms with E-state index in [1.165, 1.54) is 16.6 Å². The van der Waals surface area contributed by atoms with E-state index in [4.69, 9.17) is 0 Å². The maximum atomic E-state index is 4.56. The first-order valence-electron chi connectivity index (χ1n) is 9.54. The lowest BCUT2D eigenvalue weighted by Crippen LogP contribution is -2.06. The lowest BCUT2D eigenvalue weighted by molar-refractivity contribution is 1.04. The minimum Gasteiger partial charge on any atom is -0.366 e. The van der Waals surface area contributed by atoms with Crippen LogP contribution in [0.15, 0.2) is 61.1 Å². The summed E-state index contributed by atoms with van der Waals surface area (Å²) in [5.41, 5.74) is 6.66. The van der Waals surface area contributed by atoms with Gasteiger partial charge in [0.15, 0.2) is 0 Å². The second-order valence-electron chi connectivity index (χ2n) is 7.10. The number of hydrogen-bond donors (Lipinski definition) is 4. The Morgan fingerprint density at radius 3 is 2.69 bits per heavy atom. The van der Waals surface area contributed by atoms with E-state index in [-0.39, 0.29) is 0 Å². The molecule has 4 N–H and O–H groups in total. The quantitative estimate of drug-likeness (QED) is 0.349. The zero-order valence-corrected chi connectivity index (χ0v) is 16.0. The van der Waals surface area contributed by atoms with Crippen LogP contribution in [0.5, 0.6) is 0 Å². The monoisotopic (exact) mass is 383 g/mol. The Kier molecular flexibility index (Phi) is 4.32. The Morgan fingerprint density at radius 2 is 1.72 bits per heavy atom. The van der Waals surface area contributed by atoms with Crippen molar-refractivity contribution in [1.82, 2.24) is 24.9 Å². The summed E-state index contributed by atoms with van der Waals surface area (Å²) in [6.07, 6.45) is 3.46. The number of nitrogens with zero attached hydrogens (tertiary/aromatic N) is 3. The Hall–Kier alpha value is -3.87. The van der Waals surface area contributed by atoms with E-state index in [2.05, 4.69) is 78.9 Å². The van der Waals surface area contributed by atoms with E-state index in [0.717, 1.165) is 27.9 Å². The molecule has 0 unspecified atom stereocenters. The van der Waals surface area contributed by atoms with Crippen molar-refractivity contribution in [2.24, 2.45) is 0 Å². The molecule has 0 atom stereocenters. The number of fused-ring (bicyclic) bond motifs is 2. The Labute approximate surface area is 167 Å². The first-order chi connectivity index (χ1) is 14.2. The lowest BCUT2D eigenvalue weighted by Gasteiger charge is -2.09. The molecule has 5 aromatic rings. The molecule has 0 amide bonds. The van der Waals surface area contributed by atoms with E-state index in [0.29, 0.717) is 19.0 Å². The standard InChI is InChI=1S/C22H21N7/c1-14-8-17-9-15(2-4-18(17)28-14)11-24-21-6-7-23-22(29-21)25-12-16-3-5-19-20(10-16)27-13-26-19/h2-10,13,28H,11-12H2,1H3,(H,26,27)(H2,23,24,25,29). The van der Waals surface area contributed by atoms with Gasteiger partial charge in [0.05, 0.1) is 17.4 Å². The first-order valence-corrected chi connectivity index (χ1v) is 9.54. The molecule has 0 fully saturated rings. The summed E-state index contributed by atoms with van der Waals surface area (Å²) in [5.74, 6) is 1.38. The molecule has 0 bridgehead atoms. The number of rotatable bonds is 6. The van der Waals surface area contributed by atoms with Crippen LogP contribution in [0, 0.1) is 6.92 Å². The fourth-order valence-corrected chi connectivity index (χ4v) is 3.45. The molecule has 0 aliphatic rings. The van der Waals surface area contributed by atoms with Crippen LogP contribution in [0.25, 0.3) is 21.9 Å². The van der Waals surface area contributed by atoms with Gasteiger partial charge in [0, 0.05) is 30.5 Å². The van der Waals surface area contributed by atoms with Crippen molar-refractivity contribution in [2.45, 2.75) is 20.0 Å². The van der Waals surface area contributed by atoms with Gasteiger partial charge in [-0.3, -0.25) is 0 Å². The van der Waals surface area contributed by atoms with Gasteiger partial charge >= 0.3 is 0 Å². The summed E-state index contributed by atoms with van der Waals surface area (Å²) in [5, 5.41) is 7.88. The third kappa shape index (κ3) is 3.75. The van der Waals surface area contributed by atoms with Gasteiger partial charge in [-0.1, -0.05) is 12.1 Å². The zero-order valence-electron chi connectivity index (χ0n) is 16.0. The third-order valence-electron chi connectivity index (χ3n) is 4.88. The second kappa shape index (κ2) is 7.27. The second-order valence-corrected chi connectivity index (χ2v) is 7.10. The van der Waals surface area contributed by atoms with Crippen molar-refractivity contribution in [3.63, 3.8) is 0 Å². The fraction of sp³-hybridized carbons (Fsp3) is 0.136. The molecule has 0 aliphatic carbocycles. The van der Waals surface area contributed by atoms with Gasteiger partial charge in [0.2, 0.25) is 5.95 Å². The topological polar surface area (TPSA) is 94.3 Å². The fourth-order valence-electron chi connectivity index (χ4n) is 3.45. The number of H-pyrrole nitrogens is 2. The Morgan fingerprint density at radius 1 is 0.862 bits per heavy atom. The predicted octanol–water partition coefficient (Wildman–Crippen LogP) is 4.37. The minimum atomic E-state index is 0.594. The summed E-state index contributed by atoms with van der Waals surface area (Å²) in [6, 6.07) is 16.6. The minimum absolute atomic E-state index is 0.594. The molecule has 3 aromatic heterocycles. The highest BCUT2D eigenvalue weighted by Gasteiger charge is 2.03. The van der Waals surface area contributed by atoms with Gasteiger partial charge in [-0.2, -0.15) is 4.98 Å². The van der Waals surface area contributed by atoms with Crippen molar-refractivity contribution in [3.05, 3.63) is 77.9 Å². The number of imidazole rings is 1. The van der Waals surface area contributed by atoms with Gasteiger partial charge in [-0.25, -0.2) is 9.97 Å². The number of hydrogen-bond acceptors (Lipinski definition) is 5. The molecule has 0 aliphatic heterocycles. The van der Waals surface area contributed by atoms with Gasteiger partial charge in [0.25, 0.3) is 0 Å². The summed E-state index contributed by atoms with van der Waals surface area (Å²) in [7, 11) is 0.